The summed E-state index contributed by atoms with van der Waals surface area (Å²) < 4.78 is 5.21. The van der Waals surface area contributed by atoms with Crippen LogP contribution in [0.4, 0.5) is 0 Å². The van der Waals surface area contributed by atoms with Crippen molar-refractivity contribution in [2.45, 2.75) is 38.5 Å². The van der Waals surface area contributed by atoms with Crippen LogP contribution >= 0.6 is 11.6 Å². The van der Waals surface area contributed by atoms with Crippen molar-refractivity contribution in [3.63, 3.8) is 0 Å². The Morgan fingerprint density at radius 1 is 1.32 bits per heavy atom. The van der Waals surface area contributed by atoms with Gasteiger partial charge in [-0.25, -0.2) is 0 Å². The maximum absolute atomic E-state index is 6.23. The first-order valence-electron chi connectivity index (χ1n) is 7.19. The molecule has 0 saturated heterocycles. The summed E-state index contributed by atoms with van der Waals surface area (Å²) in [5, 5.41) is 0.683. The Morgan fingerprint density at radius 3 is 2.53 bits per heavy atom. The summed E-state index contributed by atoms with van der Waals surface area (Å²) in [5.74, 6) is 2.73. The second kappa shape index (κ2) is 6.62. The minimum Gasteiger partial charge on any atom is -0.495 e. The minimum absolute atomic E-state index is 0.427. The maximum Gasteiger partial charge on any atom is 0.137 e. The molecule has 0 radical (unpaired) electrons. The summed E-state index contributed by atoms with van der Waals surface area (Å²) in [4.78, 5) is 0. The summed E-state index contributed by atoms with van der Waals surface area (Å²) in [6.07, 6.45) is 5.22. The summed E-state index contributed by atoms with van der Waals surface area (Å²) in [5.41, 5.74) is 7.27. The van der Waals surface area contributed by atoms with Crippen LogP contribution in [0.15, 0.2) is 18.2 Å². The van der Waals surface area contributed by atoms with Gasteiger partial charge in [0.1, 0.15) is 5.75 Å². The second-order valence-electron chi connectivity index (χ2n) is 5.76. The summed E-state index contributed by atoms with van der Waals surface area (Å²) in [6.45, 7) is 3.04. The van der Waals surface area contributed by atoms with E-state index in [0.29, 0.717) is 23.4 Å². The Balaban J connectivity index is 2.15. The number of benzene rings is 1. The third-order valence-electron chi connectivity index (χ3n) is 4.49. The van der Waals surface area contributed by atoms with Crippen molar-refractivity contribution in [2.24, 2.45) is 17.6 Å². The highest BCUT2D eigenvalue weighted by Crippen LogP contribution is 2.39. The summed E-state index contributed by atoms with van der Waals surface area (Å²) >= 11 is 6.23. The van der Waals surface area contributed by atoms with Crippen LogP contribution in [0.1, 0.15) is 44.1 Å². The molecule has 2 nitrogen and oxygen atoms in total. The highest BCUT2D eigenvalue weighted by Gasteiger charge is 2.26. The number of halogens is 1. The molecule has 0 bridgehead atoms. The number of methoxy groups -OCH3 is 1. The molecule has 1 saturated carbocycles. The molecule has 1 aliphatic carbocycles. The zero-order valence-corrected chi connectivity index (χ0v) is 12.6. The average Bonchev–Trinajstić information content (AvgIpc) is 2.42. The van der Waals surface area contributed by atoms with Gasteiger partial charge in [0.15, 0.2) is 0 Å². The van der Waals surface area contributed by atoms with Crippen molar-refractivity contribution in [1.82, 2.24) is 0 Å². The van der Waals surface area contributed by atoms with Crippen molar-refractivity contribution in [2.75, 3.05) is 13.7 Å². The fourth-order valence-electron chi connectivity index (χ4n) is 3.20. The molecule has 1 fully saturated rings. The lowest BCUT2D eigenvalue weighted by molar-refractivity contribution is 0.256. The molecule has 1 aromatic rings. The topological polar surface area (TPSA) is 35.2 Å². The number of nitrogens with two attached hydrogens (primary N) is 1. The number of ether oxygens (including phenoxy) is 1. The van der Waals surface area contributed by atoms with Crippen molar-refractivity contribution in [1.29, 1.82) is 0 Å². The van der Waals surface area contributed by atoms with Crippen LogP contribution in [0.25, 0.3) is 0 Å². The van der Waals surface area contributed by atoms with E-state index in [-0.39, 0.29) is 0 Å². The predicted octanol–water partition coefficient (Wildman–Crippen LogP) is 4.22. The molecule has 0 aliphatic heterocycles. The van der Waals surface area contributed by atoms with Gasteiger partial charge in [0, 0.05) is 0 Å². The third-order valence-corrected chi connectivity index (χ3v) is 4.78. The molecule has 2 rings (SSSR count). The van der Waals surface area contributed by atoms with Gasteiger partial charge < -0.3 is 10.5 Å². The normalized spacial score (nSPS) is 25.1. The number of rotatable bonds is 4. The van der Waals surface area contributed by atoms with E-state index in [2.05, 4.69) is 13.0 Å². The van der Waals surface area contributed by atoms with Gasteiger partial charge in [0.05, 0.1) is 12.1 Å². The van der Waals surface area contributed by atoms with Gasteiger partial charge in [-0.3, -0.25) is 0 Å². The Labute approximate surface area is 121 Å². The SMILES string of the molecule is COc1ccc(C(CN)C2CCC(C)CC2)cc1Cl. The highest BCUT2D eigenvalue weighted by atomic mass is 35.5. The molecule has 106 valence electrons. The predicted molar refractivity (Wildman–Crippen MR) is 80.9 cm³/mol. The van der Waals surface area contributed by atoms with Crippen molar-refractivity contribution < 1.29 is 4.74 Å². The van der Waals surface area contributed by atoms with Crippen LogP contribution < -0.4 is 10.5 Å². The van der Waals surface area contributed by atoms with Gasteiger partial charge in [0.2, 0.25) is 0 Å². The van der Waals surface area contributed by atoms with Crippen LogP contribution in [-0.4, -0.2) is 13.7 Å². The molecule has 0 spiro atoms. The molecule has 0 amide bonds. The minimum atomic E-state index is 0.427. The first-order valence-corrected chi connectivity index (χ1v) is 7.57. The molecule has 0 heterocycles. The van der Waals surface area contributed by atoms with Crippen LogP contribution in [-0.2, 0) is 0 Å². The number of hydrogen-bond donors (Lipinski definition) is 1. The standard InChI is InChI=1S/C16H24ClNO/c1-11-3-5-12(6-4-11)14(10-18)13-7-8-16(19-2)15(17)9-13/h7-9,11-12,14H,3-6,10,18H2,1-2H3. The molecule has 1 aromatic carbocycles. The quantitative estimate of drug-likeness (QED) is 0.897. The van der Waals surface area contributed by atoms with Crippen LogP contribution in [0, 0.1) is 11.8 Å². The monoisotopic (exact) mass is 281 g/mol. The van der Waals surface area contributed by atoms with Gasteiger partial charge in [-0.05, 0) is 54.8 Å². The summed E-state index contributed by atoms with van der Waals surface area (Å²) in [6, 6.07) is 6.09. The number of hydrogen-bond acceptors (Lipinski definition) is 2. The zero-order chi connectivity index (χ0) is 13.8. The highest BCUT2D eigenvalue weighted by molar-refractivity contribution is 6.32. The van der Waals surface area contributed by atoms with Crippen LogP contribution in [0.5, 0.6) is 5.75 Å². The molecular weight excluding hydrogens is 258 g/mol. The molecule has 19 heavy (non-hydrogen) atoms. The average molecular weight is 282 g/mol. The van der Waals surface area contributed by atoms with E-state index in [1.807, 2.05) is 12.1 Å². The largest absolute Gasteiger partial charge is 0.495 e. The van der Waals surface area contributed by atoms with Gasteiger partial charge in [-0.1, -0.05) is 37.4 Å². The molecule has 0 aromatic heterocycles. The first kappa shape index (κ1) is 14.7. The molecule has 3 heteroatoms. The molecular formula is C16H24ClNO. The van der Waals surface area contributed by atoms with E-state index in [4.69, 9.17) is 22.1 Å². The van der Waals surface area contributed by atoms with Gasteiger partial charge in [0.25, 0.3) is 0 Å². The van der Waals surface area contributed by atoms with Crippen molar-refractivity contribution in [3.8, 4) is 5.75 Å². The van der Waals surface area contributed by atoms with E-state index in [9.17, 15) is 0 Å². The van der Waals surface area contributed by atoms with Gasteiger partial charge in [-0.15, -0.1) is 0 Å². The van der Waals surface area contributed by atoms with Crippen molar-refractivity contribution in [3.05, 3.63) is 28.8 Å². The Bertz CT molecular complexity index is 413. The Morgan fingerprint density at radius 2 is 2.00 bits per heavy atom. The fraction of sp³-hybridized carbons (Fsp3) is 0.625. The summed E-state index contributed by atoms with van der Waals surface area (Å²) in [7, 11) is 1.64. The van der Waals surface area contributed by atoms with E-state index < -0.39 is 0 Å². The molecule has 1 aliphatic rings. The molecule has 1 atom stereocenters. The second-order valence-corrected chi connectivity index (χ2v) is 6.16. The lowest BCUT2D eigenvalue weighted by atomic mass is 9.74. The van der Waals surface area contributed by atoms with Crippen molar-refractivity contribution >= 4 is 11.6 Å². The van der Waals surface area contributed by atoms with E-state index in [0.717, 1.165) is 11.7 Å². The van der Waals surface area contributed by atoms with Crippen LogP contribution in [0.3, 0.4) is 0 Å². The smallest absolute Gasteiger partial charge is 0.137 e. The Kier molecular flexibility index (Phi) is 5.12. The lowest BCUT2D eigenvalue weighted by Gasteiger charge is -2.32. The molecule has 2 N–H and O–H groups in total. The van der Waals surface area contributed by atoms with E-state index in [1.54, 1.807) is 7.11 Å². The first-order chi connectivity index (χ1) is 9.15. The lowest BCUT2D eigenvalue weighted by Crippen LogP contribution is -2.25. The van der Waals surface area contributed by atoms with Crippen LogP contribution in [0.2, 0.25) is 5.02 Å². The fourth-order valence-corrected chi connectivity index (χ4v) is 3.47. The third kappa shape index (κ3) is 3.43. The van der Waals surface area contributed by atoms with Gasteiger partial charge in [-0.2, -0.15) is 0 Å². The maximum atomic E-state index is 6.23. The van der Waals surface area contributed by atoms with Gasteiger partial charge >= 0.3 is 0 Å². The van der Waals surface area contributed by atoms with E-state index >= 15 is 0 Å². The van der Waals surface area contributed by atoms with E-state index in [1.165, 1.54) is 31.2 Å². The Hall–Kier alpha value is -0.730. The molecule has 1 unspecified atom stereocenters. The zero-order valence-electron chi connectivity index (χ0n) is 11.9.